The van der Waals surface area contributed by atoms with Crippen LogP contribution in [-0.4, -0.2) is 9.97 Å². The van der Waals surface area contributed by atoms with Crippen LogP contribution in [0, 0.1) is 16.0 Å². The Balaban J connectivity index is 2.45. The fourth-order valence-corrected chi connectivity index (χ4v) is 2.54. The minimum Gasteiger partial charge on any atom is -0.342 e. The van der Waals surface area contributed by atoms with Crippen LogP contribution in [0.15, 0.2) is 18.2 Å². The highest BCUT2D eigenvalue weighted by Gasteiger charge is 2.05. The molecule has 5 heteroatoms. The lowest BCUT2D eigenvalue weighted by atomic mass is 10.3. The third-order valence-corrected chi connectivity index (χ3v) is 3.49. The van der Waals surface area contributed by atoms with Gasteiger partial charge >= 0.3 is 0 Å². The standard InChI is InChI=1S/C12H11N3S2/c1-2-3-11-14-9(6-12(16)15-11)10-5-4-8(7-13)17-10/h4-6H,2-3H2,1H3,(H,14,15,16). The van der Waals surface area contributed by atoms with Crippen molar-refractivity contribution in [1.82, 2.24) is 9.97 Å². The van der Waals surface area contributed by atoms with Gasteiger partial charge in [0.05, 0.1) is 10.6 Å². The fourth-order valence-electron chi connectivity index (χ4n) is 1.54. The van der Waals surface area contributed by atoms with Gasteiger partial charge in [-0.1, -0.05) is 19.1 Å². The van der Waals surface area contributed by atoms with Gasteiger partial charge in [0.2, 0.25) is 0 Å². The summed E-state index contributed by atoms with van der Waals surface area (Å²) >= 11 is 6.60. The summed E-state index contributed by atoms with van der Waals surface area (Å²) in [6.07, 6.45) is 1.91. The topological polar surface area (TPSA) is 52.5 Å². The Kier molecular flexibility index (Phi) is 3.67. The van der Waals surface area contributed by atoms with Crippen molar-refractivity contribution in [3.63, 3.8) is 0 Å². The minimum atomic E-state index is 0.592. The molecule has 1 N–H and O–H groups in total. The van der Waals surface area contributed by atoms with Crippen LogP contribution in [0.2, 0.25) is 0 Å². The van der Waals surface area contributed by atoms with Crippen LogP contribution >= 0.6 is 23.6 Å². The van der Waals surface area contributed by atoms with Crippen molar-refractivity contribution < 1.29 is 0 Å². The number of aryl methyl sites for hydroxylation is 1. The molecule has 0 aromatic carbocycles. The smallest absolute Gasteiger partial charge is 0.130 e. The molecule has 0 radical (unpaired) electrons. The van der Waals surface area contributed by atoms with Gasteiger partial charge in [-0.3, -0.25) is 0 Å². The van der Waals surface area contributed by atoms with E-state index in [1.165, 1.54) is 11.3 Å². The molecule has 2 heterocycles. The molecule has 0 spiro atoms. The van der Waals surface area contributed by atoms with Crippen molar-refractivity contribution in [2.24, 2.45) is 0 Å². The average molecular weight is 261 g/mol. The van der Waals surface area contributed by atoms with Gasteiger partial charge in [-0.15, -0.1) is 11.3 Å². The second kappa shape index (κ2) is 5.21. The fraction of sp³-hybridized carbons (Fsp3) is 0.250. The molecule has 0 bridgehead atoms. The third kappa shape index (κ3) is 2.78. The first-order chi connectivity index (χ1) is 8.22. The van der Waals surface area contributed by atoms with Gasteiger partial charge in [0.1, 0.15) is 21.4 Å². The van der Waals surface area contributed by atoms with Gasteiger partial charge in [0, 0.05) is 6.42 Å². The van der Waals surface area contributed by atoms with Crippen molar-refractivity contribution in [3.05, 3.63) is 33.5 Å². The van der Waals surface area contributed by atoms with E-state index in [4.69, 9.17) is 17.5 Å². The lowest BCUT2D eigenvalue weighted by Crippen LogP contribution is -1.95. The van der Waals surface area contributed by atoms with Crippen LogP contribution in [0.1, 0.15) is 24.0 Å². The van der Waals surface area contributed by atoms with E-state index < -0.39 is 0 Å². The van der Waals surface area contributed by atoms with Crippen molar-refractivity contribution in [3.8, 4) is 16.6 Å². The quantitative estimate of drug-likeness (QED) is 0.857. The third-order valence-electron chi connectivity index (χ3n) is 2.26. The van der Waals surface area contributed by atoms with Crippen LogP contribution in [0.4, 0.5) is 0 Å². The number of hydrogen-bond acceptors (Lipinski definition) is 4. The number of thiophene rings is 1. The molecule has 0 fully saturated rings. The Bertz CT molecular complexity index is 619. The number of nitriles is 1. The van der Waals surface area contributed by atoms with Gasteiger partial charge < -0.3 is 4.98 Å². The normalized spacial score (nSPS) is 10.1. The lowest BCUT2D eigenvalue weighted by molar-refractivity contribution is 0.834. The van der Waals surface area contributed by atoms with E-state index in [2.05, 4.69) is 23.0 Å². The molecule has 0 aliphatic rings. The maximum atomic E-state index is 8.81. The van der Waals surface area contributed by atoms with Crippen molar-refractivity contribution in [1.29, 1.82) is 5.26 Å². The first-order valence-electron chi connectivity index (χ1n) is 5.33. The molecule has 86 valence electrons. The molecule has 2 rings (SSSR count). The molecule has 0 aliphatic heterocycles. The minimum absolute atomic E-state index is 0.592. The molecular formula is C12H11N3S2. The van der Waals surface area contributed by atoms with Crippen LogP contribution < -0.4 is 0 Å². The first-order valence-corrected chi connectivity index (χ1v) is 6.56. The van der Waals surface area contributed by atoms with E-state index in [1.807, 2.05) is 18.2 Å². The zero-order valence-electron chi connectivity index (χ0n) is 9.36. The average Bonchev–Trinajstić information content (AvgIpc) is 2.77. The molecular weight excluding hydrogens is 250 g/mol. The van der Waals surface area contributed by atoms with E-state index in [9.17, 15) is 0 Å². The molecule has 0 saturated carbocycles. The number of nitrogens with one attached hydrogen (secondary N) is 1. The Morgan fingerprint density at radius 1 is 1.53 bits per heavy atom. The highest BCUT2D eigenvalue weighted by atomic mass is 32.1. The molecule has 2 aromatic heterocycles. The maximum Gasteiger partial charge on any atom is 0.130 e. The largest absolute Gasteiger partial charge is 0.342 e. The van der Waals surface area contributed by atoms with Gasteiger partial charge in [-0.25, -0.2) is 4.98 Å². The Morgan fingerprint density at radius 3 is 3.00 bits per heavy atom. The van der Waals surface area contributed by atoms with Crippen LogP contribution in [0.5, 0.6) is 0 Å². The predicted octanol–water partition coefficient (Wildman–Crippen LogP) is 3.69. The van der Waals surface area contributed by atoms with Gasteiger partial charge in [-0.05, 0) is 24.6 Å². The van der Waals surface area contributed by atoms with Crippen LogP contribution in [0.3, 0.4) is 0 Å². The number of hydrogen-bond donors (Lipinski definition) is 1. The lowest BCUT2D eigenvalue weighted by Gasteiger charge is -2.02. The maximum absolute atomic E-state index is 8.81. The van der Waals surface area contributed by atoms with Gasteiger partial charge in [0.25, 0.3) is 0 Å². The highest BCUT2D eigenvalue weighted by molar-refractivity contribution is 7.71. The van der Waals surface area contributed by atoms with Crippen molar-refractivity contribution in [2.45, 2.75) is 19.8 Å². The molecule has 17 heavy (non-hydrogen) atoms. The monoisotopic (exact) mass is 261 g/mol. The molecule has 0 amide bonds. The Hall–Kier alpha value is -1.51. The Labute approximate surface area is 109 Å². The summed E-state index contributed by atoms with van der Waals surface area (Å²) in [6.45, 7) is 2.10. The SMILES string of the molecule is CCCc1nc(=S)cc(-c2ccc(C#N)s2)[nH]1. The van der Waals surface area contributed by atoms with Crippen LogP contribution in [-0.2, 0) is 6.42 Å². The second-order valence-corrected chi connectivity index (χ2v) is 5.11. The summed E-state index contributed by atoms with van der Waals surface area (Å²) in [5.41, 5.74) is 0.944. The van der Waals surface area contributed by atoms with Gasteiger partial charge in [-0.2, -0.15) is 5.26 Å². The summed E-state index contributed by atoms with van der Waals surface area (Å²) in [5.74, 6) is 0.905. The van der Waals surface area contributed by atoms with Gasteiger partial charge in [0.15, 0.2) is 0 Å². The van der Waals surface area contributed by atoms with E-state index in [0.717, 1.165) is 29.2 Å². The number of aromatic amines is 1. The molecule has 0 aliphatic carbocycles. The molecule has 3 nitrogen and oxygen atoms in total. The summed E-state index contributed by atoms with van der Waals surface area (Å²) < 4.78 is 0.592. The second-order valence-electron chi connectivity index (χ2n) is 3.61. The summed E-state index contributed by atoms with van der Waals surface area (Å²) in [4.78, 5) is 9.26. The molecule has 0 unspecified atom stereocenters. The zero-order chi connectivity index (χ0) is 12.3. The van der Waals surface area contributed by atoms with Crippen molar-refractivity contribution in [2.75, 3.05) is 0 Å². The van der Waals surface area contributed by atoms with E-state index in [0.29, 0.717) is 9.52 Å². The zero-order valence-corrected chi connectivity index (χ0v) is 11.0. The Morgan fingerprint density at radius 2 is 2.35 bits per heavy atom. The summed E-state index contributed by atoms with van der Waals surface area (Å²) in [5, 5.41) is 8.81. The summed E-state index contributed by atoms with van der Waals surface area (Å²) in [6, 6.07) is 7.72. The predicted molar refractivity (Wildman–Crippen MR) is 71.4 cm³/mol. The number of nitrogens with zero attached hydrogens (tertiary/aromatic N) is 2. The summed E-state index contributed by atoms with van der Waals surface area (Å²) in [7, 11) is 0. The van der Waals surface area contributed by atoms with E-state index >= 15 is 0 Å². The first kappa shape index (κ1) is 12.0. The number of rotatable bonds is 3. The highest BCUT2D eigenvalue weighted by Crippen LogP contribution is 2.26. The number of aromatic nitrogens is 2. The molecule has 0 saturated heterocycles. The molecule has 2 aromatic rings. The van der Waals surface area contributed by atoms with Crippen molar-refractivity contribution >= 4 is 23.6 Å². The van der Waals surface area contributed by atoms with E-state index in [1.54, 1.807) is 0 Å². The number of H-pyrrole nitrogens is 1. The van der Waals surface area contributed by atoms with Crippen LogP contribution in [0.25, 0.3) is 10.6 Å². The van der Waals surface area contributed by atoms with E-state index in [-0.39, 0.29) is 0 Å². The molecule has 0 atom stereocenters.